The molecule has 0 bridgehead atoms. The van der Waals surface area contributed by atoms with Crippen molar-refractivity contribution in [3.63, 3.8) is 0 Å². The van der Waals surface area contributed by atoms with Gasteiger partial charge in [-0.3, -0.25) is 0 Å². The highest BCUT2D eigenvalue weighted by Crippen LogP contribution is 2.29. The highest BCUT2D eigenvalue weighted by Gasteiger charge is 2.12. The summed E-state index contributed by atoms with van der Waals surface area (Å²) < 4.78 is 0. The van der Waals surface area contributed by atoms with Gasteiger partial charge >= 0.3 is 0 Å². The number of aromatic nitrogens is 3. The highest BCUT2D eigenvalue weighted by molar-refractivity contribution is 7.15. The van der Waals surface area contributed by atoms with Crippen molar-refractivity contribution in [1.29, 1.82) is 0 Å². The van der Waals surface area contributed by atoms with E-state index in [1.807, 2.05) is 19.9 Å². The second-order valence-electron chi connectivity index (χ2n) is 4.20. The summed E-state index contributed by atoms with van der Waals surface area (Å²) in [6, 6.07) is 6.18. The summed E-state index contributed by atoms with van der Waals surface area (Å²) in [5, 5.41) is 1.08. The summed E-state index contributed by atoms with van der Waals surface area (Å²) in [6.45, 7) is 6.13. The van der Waals surface area contributed by atoms with Crippen LogP contribution < -0.4 is 0 Å². The molecule has 0 aliphatic carbocycles. The lowest BCUT2D eigenvalue weighted by Gasteiger charge is -1.90. The van der Waals surface area contributed by atoms with Crippen LogP contribution in [0.3, 0.4) is 0 Å². The monoisotopic (exact) mass is 243 g/mol. The Morgan fingerprint density at radius 1 is 1.12 bits per heavy atom. The summed E-state index contributed by atoms with van der Waals surface area (Å²) in [4.78, 5) is 13.6. The van der Waals surface area contributed by atoms with Crippen LogP contribution in [0.5, 0.6) is 0 Å². The molecule has 0 radical (unpaired) electrons. The van der Waals surface area contributed by atoms with Gasteiger partial charge in [-0.25, -0.2) is 9.97 Å². The van der Waals surface area contributed by atoms with Gasteiger partial charge in [-0.05, 0) is 32.4 Å². The van der Waals surface area contributed by atoms with Crippen molar-refractivity contribution in [1.82, 2.24) is 15.0 Å². The molecule has 86 valence electrons. The Hall–Kier alpha value is -1.68. The minimum absolute atomic E-state index is 0.928. The van der Waals surface area contributed by atoms with E-state index in [2.05, 4.69) is 34.0 Å². The smallest absolute Gasteiger partial charge is 0.150 e. The van der Waals surface area contributed by atoms with Crippen LogP contribution in [0.4, 0.5) is 0 Å². The van der Waals surface area contributed by atoms with Crippen molar-refractivity contribution in [3.8, 4) is 10.7 Å². The third-order valence-corrected chi connectivity index (χ3v) is 3.91. The van der Waals surface area contributed by atoms with Gasteiger partial charge in [0.2, 0.25) is 0 Å². The number of para-hydroxylation sites is 1. The minimum atomic E-state index is 0.928. The van der Waals surface area contributed by atoms with E-state index in [9.17, 15) is 0 Å². The molecule has 0 atom stereocenters. The lowest BCUT2D eigenvalue weighted by molar-refractivity contribution is 1.19. The Labute approximate surface area is 104 Å². The highest BCUT2D eigenvalue weighted by atomic mass is 32.1. The molecule has 3 aromatic rings. The standard InChI is InChI=1S/C13H13N3S/c1-7-5-4-6-10-11(7)16-13(15-10)12-8(2)14-9(3)17-12/h4-6H,1-3H3,(H,15,16). The van der Waals surface area contributed by atoms with E-state index in [1.165, 1.54) is 5.56 Å². The number of nitrogens with zero attached hydrogens (tertiary/aromatic N) is 2. The van der Waals surface area contributed by atoms with Gasteiger partial charge in [0.1, 0.15) is 0 Å². The molecule has 0 amide bonds. The molecule has 0 unspecified atom stereocenters. The van der Waals surface area contributed by atoms with Crippen molar-refractivity contribution < 1.29 is 0 Å². The van der Waals surface area contributed by atoms with Gasteiger partial charge in [-0.2, -0.15) is 0 Å². The van der Waals surface area contributed by atoms with E-state index in [0.29, 0.717) is 0 Å². The molecule has 0 saturated heterocycles. The van der Waals surface area contributed by atoms with E-state index < -0.39 is 0 Å². The number of aromatic amines is 1. The number of hydrogen-bond donors (Lipinski definition) is 1. The molecule has 1 N–H and O–H groups in total. The molecular formula is C13H13N3S. The summed E-state index contributed by atoms with van der Waals surface area (Å²) in [5.74, 6) is 0.928. The molecule has 0 fully saturated rings. The van der Waals surface area contributed by atoms with Gasteiger partial charge in [0.15, 0.2) is 5.82 Å². The van der Waals surface area contributed by atoms with Crippen LogP contribution in [-0.2, 0) is 0 Å². The van der Waals surface area contributed by atoms with E-state index in [4.69, 9.17) is 0 Å². The second-order valence-corrected chi connectivity index (χ2v) is 5.41. The lowest BCUT2D eigenvalue weighted by atomic mass is 10.2. The molecule has 0 aliphatic heterocycles. The molecule has 0 aliphatic rings. The third-order valence-electron chi connectivity index (χ3n) is 2.83. The summed E-state index contributed by atoms with van der Waals surface area (Å²) >= 11 is 1.68. The van der Waals surface area contributed by atoms with Gasteiger partial charge in [0.05, 0.1) is 26.6 Å². The maximum atomic E-state index is 4.67. The van der Waals surface area contributed by atoms with Gasteiger partial charge in [0.25, 0.3) is 0 Å². The number of thiazole rings is 1. The first-order valence-corrected chi connectivity index (χ1v) is 6.36. The maximum absolute atomic E-state index is 4.67. The molecule has 2 heterocycles. The van der Waals surface area contributed by atoms with Crippen LogP contribution in [-0.4, -0.2) is 15.0 Å². The molecule has 3 nitrogen and oxygen atoms in total. The summed E-state index contributed by atoms with van der Waals surface area (Å²) in [7, 11) is 0. The van der Waals surface area contributed by atoms with Crippen LogP contribution >= 0.6 is 11.3 Å². The SMILES string of the molecule is Cc1nc(C)c(-c2nc3c(C)cccc3[nH]2)s1. The minimum Gasteiger partial charge on any atom is -0.337 e. The van der Waals surface area contributed by atoms with Gasteiger partial charge in [0, 0.05) is 0 Å². The van der Waals surface area contributed by atoms with E-state index in [0.717, 1.165) is 32.4 Å². The number of benzene rings is 1. The Balaban J connectivity index is 2.25. The molecular weight excluding hydrogens is 230 g/mol. The average Bonchev–Trinajstić information content (AvgIpc) is 2.82. The zero-order chi connectivity index (χ0) is 12.0. The number of hydrogen-bond acceptors (Lipinski definition) is 3. The third kappa shape index (κ3) is 1.65. The zero-order valence-corrected chi connectivity index (χ0v) is 10.9. The van der Waals surface area contributed by atoms with E-state index in [1.54, 1.807) is 11.3 Å². The van der Waals surface area contributed by atoms with Crippen molar-refractivity contribution in [2.45, 2.75) is 20.8 Å². The first kappa shape index (κ1) is 10.5. The van der Waals surface area contributed by atoms with Crippen LogP contribution in [0.1, 0.15) is 16.3 Å². The molecule has 0 saturated carbocycles. The number of nitrogens with one attached hydrogen (secondary N) is 1. The van der Waals surface area contributed by atoms with E-state index >= 15 is 0 Å². The largest absolute Gasteiger partial charge is 0.337 e. The fourth-order valence-corrected chi connectivity index (χ4v) is 2.90. The molecule has 1 aromatic carbocycles. The Morgan fingerprint density at radius 2 is 1.94 bits per heavy atom. The fraction of sp³-hybridized carbons (Fsp3) is 0.231. The topological polar surface area (TPSA) is 41.6 Å². The van der Waals surface area contributed by atoms with Gasteiger partial charge < -0.3 is 4.98 Å². The predicted octanol–water partition coefficient (Wildman–Crippen LogP) is 3.61. The average molecular weight is 243 g/mol. The molecule has 3 rings (SSSR count). The van der Waals surface area contributed by atoms with Crippen molar-refractivity contribution in [2.24, 2.45) is 0 Å². The number of fused-ring (bicyclic) bond motifs is 1. The second kappa shape index (κ2) is 3.67. The van der Waals surface area contributed by atoms with Crippen LogP contribution in [0.2, 0.25) is 0 Å². The van der Waals surface area contributed by atoms with Crippen molar-refractivity contribution >= 4 is 22.4 Å². The predicted molar refractivity (Wildman–Crippen MR) is 71.4 cm³/mol. The summed E-state index contributed by atoms with van der Waals surface area (Å²) in [5.41, 5.74) is 4.38. The Morgan fingerprint density at radius 3 is 2.59 bits per heavy atom. The van der Waals surface area contributed by atoms with Crippen molar-refractivity contribution in [3.05, 3.63) is 34.5 Å². The van der Waals surface area contributed by atoms with Gasteiger partial charge in [-0.1, -0.05) is 12.1 Å². The van der Waals surface area contributed by atoms with E-state index in [-0.39, 0.29) is 0 Å². The Kier molecular flexibility index (Phi) is 2.26. The Bertz CT molecular complexity index is 694. The van der Waals surface area contributed by atoms with Gasteiger partial charge in [-0.15, -0.1) is 11.3 Å². The molecule has 4 heteroatoms. The van der Waals surface area contributed by atoms with Crippen LogP contribution in [0.15, 0.2) is 18.2 Å². The lowest BCUT2D eigenvalue weighted by Crippen LogP contribution is -1.79. The molecule has 0 spiro atoms. The summed E-state index contributed by atoms with van der Waals surface area (Å²) in [6.07, 6.45) is 0. The quantitative estimate of drug-likeness (QED) is 0.709. The number of aryl methyl sites for hydroxylation is 3. The first-order valence-electron chi connectivity index (χ1n) is 5.55. The number of H-pyrrole nitrogens is 1. The molecule has 2 aromatic heterocycles. The maximum Gasteiger partial charge on any atom is 0.150 e. The van der Waals surface area contributed by atoms with Crippen molar-refractivity contribution in [2.75, 3.05) is 0 Å². The number of rotatable bonds is 1. The fourth-order valence-electron chi connectivity index (χ4n) is 2.03. The number of imidazole rings is 1. The zero-order valence-electron chi connectivity index (χ0n) is 10.0. The first-order chi connectivity index (χ1) is 8.15. The van der Waals surface area contributed by atoms with Crippen LogP contribution in [0, 0.1) is 20.8 Å². The van der Waals surface area contributed by atoms with Crippen LogP contribution in [0.25, 0.3) is 21.7 Å². The normalized spacial score (nSPS) is 11.2. The molecule has 17 heavy (non-hydrogen) atoms.